The molecule has 1 aromatic heterocycles. The van der Waals surface area contributed by atoms with Gasteiger partial charge in [-0.25, -0.2) is 0 Å². The lowest BCUT2D eigenvalue weighted by Gasteiger charge is -2.31. The zero-order chi connectivity index (χ0) is 14.4. The van der Waals surface area contributed by atoms with Crippen molar-refractivity contribution < 1.29 is 4.74 Å². The second-order valence-electron chi connectivity index (χ2n) is 5.81. The first kappa shape index (κ1) is 15.3. The third kappa shape index (κ3) is 3.95. The monoisotopic (exact) mass is 276 g/mol. The third-order valence-electron chi connectivity index (χ3n) is 4.36. The molecule has 0 radical (unpaired) electrons. The molecule has 3 heteroatoms. The minimum Gasteiger partial charge on any atom is -0.489 e. The van der Waals surface area contributed by atoms with Gasteiger partial charge in [0.1, 0.15) is 11.9 Å². The van der Waals surface area contributed by atoms with Crippen molar-refractivity contribution in [2.75, 3.05) is 6.54 Å². The Hall–Kier alpha value is -1.09. The fourth-order valence-electron chi connectivity index (χ4n) is 3.10. The van der Waals surface area contributed by atoms with Gasteiger partial charge in [-0.1, -0.05) is 20.3 Å². The molecular formula is C17H28N2O. The molecule has 0 spiro atoms. The van der Waals surface area contributed by atoms with Crippen molar-refractivity contribution in [2.24, 2.45) is 5.92 Å². The molecule has 0 aromatic carbocycles. The van der Waals surface area contributed by atoms with Gasteiger partial charge in [0, 0.05) is 6.04 Å². The lowest BCUT2D eigenvalue weighted by Crippen LogP contribution is -2.30. The van der Waals surface area contributed by atoms with Crippen molar-refractivity contribution in [3.63, 3.8) is 0 Å². The topological polar surface area (TPSA) is 34.1 Å². The van der Waals surface area contributed by atoms with Gasteiger partial charge in [-0.3, -0.25) is 4.98 Å². The lowest BCUT2D eigenvalue weighted by atomic mass is 9.85. The van der Waals surface area contributed by atoms with Crippen LogP contribution in [0.2, 0.25) is 0 Å². The van der Waals surface area contributed by atoms with E-state index in [1.165, 1.54) is 32.1 Å². The average Bonchev–Trinajstić information content (AvgIpc) is 2.49. The number of rotatable bonds is 6. The number of aromatic nitrogens is 1. The molecule has 20 heavy (non-hydrogen) atoms. The van der Waals surface area contributed by atoms with E-state index in [9.17, 15) is 0 Å². The van der Waals surface area contributed by atoms with Crippen LogP contribution >= 0.6 is 0 Å². The average molecular weight is 276 g/mol. The molecule has 1 fully saturated rings. The van der Waals surface area contributed by atoms with Gasteiger partial charge in [-0.15, -0.1) is 0 Å². The molecular weight excluding hydrogens is 248 g/mol. The van der Waals surface area contributed by atoms with E-state index in [2.05, 4.69) is 43.2 Å². The Labute approximate surface area is 123 Å². The van der Waals surface area contributed by atoms with E-state index in [0.29, 0.717) is 18.1 Å². The van der Waals surface area contributed by atoms with Gasteiger partial charge in [0.05, 0.1) is 11.9 Å². The van der Waals surface area contributed by atoms with Crippen molar-refractivity contribution in [3.05, 3.63) is 24.0 Å². The SMILES string of the molecule is CCNC(C)c1ccc(OC2CCCCC2CC)cn1. The zero-order valence-electron chi connectivity index (χ0n) is 13.1. The Morgan fingerprint density at radius 3 is 2.75 bits per heavy atom. The summed E-state index contributed by atoms with van der Waals surface area (Å²) >= 11 is 0. The fraction of sp³-hybridized carbons (Fsp3) is 0.706. The minimum atomic E-state index is 0.298. The minimum absolute atomic E-state index is 0.298. The van der Waals surface area contributed by atoms with Gasteiger partial charge < -0.3 is 10.1 Å². The maximum Gasteiger partial charge on any atom is 0.138 e. The van der Waals surface area contributed by atoms with Crippen LogP contribution in [0.25, 0.3) is 0 Å². The van der Waals surface area contributed by atoms with Crippen LogP contribution in [0.4, 0.5) is 0 Å². The van der Waals surface area contributed by atoms with Crippen LogP contribution in [0.5, 0.6) is 5.75 Å². The first-order chi connectivity index (χ1) is 9.74. The van der Waals surface area contributed by atoms with E-state index in [1.54, 1.807) is 0 Å². The molecule has 1 heterocycles. The van der Waals surface area contributed by atoms with E-state index in [1.807, 2.05) is 6.20 Å². The van der Waals surface area contributed by atoms with Gasteiger partial charge >= 0.3 is 0 Å². The van der Waals surface area contributed by atoms with Gasteiger partial charge in [-0.05, 0) is 57.2 Å². The molecule has 1 saturated carbocycles. The highest BCUT2D eigenvalue weighted by Crippen LogP contribution is 2.30. The quantitative estimate of drug-likeness (QED) is 0.849. The summed E-state index contributed by atoms with van der Waals surface area (Å²) in [6, 6.07) is 4.44. The second-order valence-corrected chi connectivity index (χ2v) is 5.81. The van der Waals surface area contributed by atoms with E-state index in [0.717, 1.165) is 18.0 Å². The number of nitrogens with zero attached hydrogens (tertiary/aromatic N) is 1. The molecule has 1 aliphatic rings. The molecule has 2 rings (SSSR count). The first-order valence-corrected chi connectivity index (χ1v) is 8.10. The normalized spacial score (nSPS) is 24.4. The first-order valence-electron chi connectivity index (χ1n) is 8.10. The smallest absolute Gasteiger partial charge is 0.138 e. The molecule has 1 aromatic rings. The second kappa shape index (κ2) is 7.63. The van der Waals surface area contributed by atoms with Crippen molar-refractivity contribution in [1.82, 2.24) is 10.3 Å². The fourth-order valence-corrected chi connectivity index (χ4v) is 3.10. The van der Waals surface area contributed by atoms with E-state index >= 15 is 0 Å². The summed E-state index contributed by atoms with van der Waals surface area (Å²) in [4.78, 5) is 4.53. The van der Waals surface area contributed by atoms with Crippen LogP contribution in [0.3, 0.4) is 0 Å². The Bertz CT molecular complexity index is 390. The van der Waals surface area contributed by atoms with Crippen LogP contribution in [0.15, 0.2) is 18.3 Å². The van der Waals surface area contributed by atoms with Crippen molar-refractivity contribution in [2.45, 2.75) is 65.0 Å². The molecule has 3 unspecified atom stereocenters. The Balaban J connectivity index is 1.95. The highest BCUT2D eigenvalue weighted by Gasteiger charge is 2.25. The number of ether oxygens (including phenoxy) is 1. The molecule has 0 bridgehead atoms. The summed E-state index contributed by atoms with van der Waals surface area (Å²) in [5.74, 6) is 1.63. The summed E-state index contributed by atoms with van der Waals surface area (Å²) in [5, 5.41) is 3.38. The summed E-state index contributed by atoms with van der Waals surface area (Å²) in [6.45, 7) is 7.48. The molecule has 112 valence electrons. The molecule has 3 atom stereocenters. The summed E-state index contributed by atoms with van der Waals surface area (Å²) in [6.07, 6.45) is 8.63. The van der Waals surface area contributed by atoms with E-state index in [-0.39, 0.29) is 0 Å². The van der Waals surface area contributed by atoms with E-state index in [4.69, 9.17) is 4.74 Å². The number of pyridine rings is 1. The summed E-state index contributed by atoms with van der Waals surface area (Å²) in [7, 11) is 0. The largest absolute Gasteiger partial charge is 0.489 e. The number of hydrogen-bond donors (Lipinski definition) is 1. The molecule has 1 aliphatic carbocycles. The third-order valence-corrected chi connectivity index (χ3v) is 4.36. The van der Waals surface area contributed by atoms with E-state index < -0.39 is 0 Å². The van der Waals surface area contributed by atoms with Crippen molar-refractivity contribution >= 4 is 0 Å². The maximum absolute atomic E-state index is 6.17. The summed E-state index contributed by atoms with van der Waals surface area (Å²) in [5.41, 5.74) is 1.08. The molecule has 0 saturated heterocycles. The Morgan fingerprint density at radius 1 is 1.30 bits per heavy atom. The van der Waals surface area contributed by atoms with Crippen molar-refractivity contribution in [3.8, 4) is 5.75 Å². The highest BCUT2D eigenvalue weighted by molar-refractivity contribution is 5.21. The van der Waals surface area contributed by atoms with Crippen LogP contribution in [-0.2, 0) is 0 Å². The molecule has 1 N–H and O–H groups in total. The highest BCUT2D eigenvalue weighted by atomic mass is 16.5. The lowest BCUT2D eigenvalue weighted by molar-refractivity contribution is 0.0899. The number of hydrogen-bond acceptors (Lipinski definition) is 3. The van der Waals surface area contributed by atoms with Gasteiger partial charge in [0.15, 0.2) is 0 Å². The van der Waals surface area contributed by atoms with Crippen LogP contribution < -0.4 is 10.1 Å². The van der Waals surface area contributed by atoms with Crippen LogP contribution in [-0.4, -0.2) is 17.6 Å². The molecule has 3 nitrogen and oxygen atoms in total. The predicted octanol–water partition coefficient (Wildman–Crippen LogP) is 4.10. The van der Waals surface area contributed by atoms with Crippen LogP contribution in [0.1, 0.15) is 64.6 Å². The molecule has 0 amide bonds. The van der Waals surface area contributed by atoms with Crippen LogP contribution in [0, 0.1) is 5.92 Å². The molecule has 0 aliphatic heterocycles. The Morgan fingerprint density at radius 2 is 2.10 bits per heavy atom. The summed E-state index contributed by atoms with van der Waals surface area (Å²) < 4.78 is 6.17. The van der Waals surface area contributed by atoms with Gasteiger partial charge in [0.25, 0.3) is 0 Å². The van der Waals surface area contributed by atoms with Gasteiger partial charge in [0.2, 0.25) is 0 Å². The number of nitrogens with one attached hydrogen (secondary N) is 1. The van der Waals surface area contributed by atoms with Gasteiger partial charge in [-0.2, -0.15) is 0 Å². The van der Waals surface area contributed by atoms with Crippen molar-refractivity contribution in [1.29, 1.82) is 0 Å². The Kier molecular flexibility index (Phi) is 5.84. The standard InChI is InChI=1S/C17H28N2O/c1-4-14-8-6-7-9-17(14)20-15-10-11-16(19-12-15)13(3)18-5-2/h10-14,17-18H,4-9H2,1-3H3. The zero-order valence-corrected chi connectivity index (χ0v) is 13.1. The predicted molar refractivity (Wildman–Crippen MR) is 83.0 cm³/mol. The maximum atomic E-state index is 6.17.